The molecule has 3 amide bonds. The predicted octanol–water partition coefficient (Wildman–Crippen LogP) is 2.85. The number of ether oxygens (including phenoxy) is 2. The maximum Gasteiger partial charge on any atom is 0.468 e. The molecule has 1 aromatic carbocycles. The first-order valence-electron chi connectivity index (χ1n) is 12.9. The molecule has 1 saturated heterocycles. The molecule has 2 aliphatic rings. The number of esters is 1. The van der Waals surface area contributed by atoms with Gasteiger partial charge in [-0.1, -0.05) is 35.6 Å². The Bertz CT molecular complexity index is 903. The molecule has 2 N–H and O–H groups in total. The van der Waals surface area contributed by atoms with Crippen molar-refractivity contribution in [2.45, 2.75) is 76.6 Å². The highest BCUT2D eigenvalue weighted by Gasteiger charge is 2.51. The van der Waals surface area contributed by atoms with Crippen LogP contribution >= 0.6 is 0 Å². The molecule has 3 atom stereocenters. The zero-order valence-electron chi connectivity index (χ0n) is 21.4. The van der Waals surface area contributed by atoms with Gasteiger partial charge in [-0.3, -0.25) is 9.69 Å². The number of aliphatic hydroxyl groups excluding tert-OH is 1. The molecule has 1 radical (unpaired) electrons. The van der Waals surface area contributed by atoms with Gasteiger partial charge in [-0.05, 0) is 56.7 Å². The normalized spacial score (nSPS) is 24.8. The number of urea groups is 1. The number of benzene rings is 1. The molecule has 0 saturated carbocycles. The Morgan fingerprint density at radius 2 is 1.89 bits per heavy atom. The molecular formula is C27H39N3O6+. The molecule has 36 heavy (non-hydrogen) atoms. The number of nitrogens with one attached hydrogen (secondary N) is 1. The van der Waals surface area contributed by atoms with E-state index in [1.165, 1.54) is 4.90 Å². The molecule has 0 bridgehead atoms. The third-order valence-corrected chi connectivity index (χ3v) is 6.61. The molecule has 9 nitrogen and oxygen atoms in total. The quantitative estimate of drug-likeness (QED) is 0.365. The Balaban J connectivity index is 1.83. The number of hydrogen-bond acceptors (Lipinski definition) is 6. The minimum Gasteiger partial charge on any atom is -0.497 e. The van der Waals surface area contributed by atoms with Crippen LogP contribution in [0, 0.1) is 0 Å². The van der Waals surface area contributed by atoms with Gasteiger partial charge in [0.25, 0.3) is 5.91 Å². The molecule has 0 aromatic heterocycles. The third-order valence-electron chi connectivity index (χ3n) is 6.61. The molecule has 0 spiro atoms. The van der Waals surface area contributed by atoms with Crippen molar-refractivity contribution in [1.29, 1.82) is 0 Å². The summed E-state index contributed by atoms with van der Waals surface area (Å²) in [6.45, 7) is 2.94. The van der Waals surface area contributed by atoms with Gasteiger partial charge in [-0.15, -0.1) is 0 Å². The highest BCUT2D eigenvalue weighted by atomic mass is 16.5. The van der Waals surface area contributed by atoms with Gasteiger partial charge in [-0.25, -0.2) is 9.59 Å². The largest absolute Gasteiger partial charge is 0.497 e. The van der Waals surface area contributed by atoms with Gasteiger partial charge >= 0.3 is 12.0 Å². The van der Waals surface area contributed by atoms with Crippen LogP contribution < -0.4 is 15.0 Å². The van der Waals surface area contributed by atoms with Crippen molar-refractivity contribution in [3.05, 3.63) is 42.0 Å². The summed E-state index contributed by atoms with van der Waals surface area (Å²) in [6.07, 6.45) is 8.24. The number of nitrogens with zero attached hydrogens (tertiary/aromatic N) is 2. The first-order chi connectivity index (χ1) is 17.4. The SMILES string of the molecule is CCOC(=O)C1CCC=CCCCCCN(Cc2ccc(OC)cc2)C(=O)[N+]2CC(O)CC2C(=O)N1. The average Bonchev–Trinajstić information content (AvgIpc) is 3.27. The first-order valence-corrected chi connectivity index (χ1v) is 12.9. The molecule has 1 aromatic rings. The fraction of sp³-hybridized carbons (Fsp3) is 0.593. The average molecular weight is 502 g/mol. The molecule has 0 aliphatic carbocycles. The highest BCUT2D eigenvalue weighted by Crippen LogP contribution is 2.21. The van der Waals surface area contributed by atoms with Gasteiger partial charge in [0.1, 0.15) is 17.9 Å². The van der Waals surface area contributed by atoms with E-state index in [1.807, 2.05) is 30.3 Å². The van der Waals surface area contributed by atoms with Crippen LogP contribution in [0.5, 0.6) is 5.75 Å². The van der Waals surface area contributed by atoms with Crippen molar-refractivity contribution in [2.24, 2.45) is 0 Å². The number of allylic oxidation sites excluding steroid dienone is 2. The number of carbonyl (C=O) groups is 3. The molecule has 9 heteroatoms. The standard InChI is InChI=1S/C27H39N3O6/c1-3-36-26(33)23-11-9-7-5-4-6-8-10-16-29(18-20-12-14-22(35-2)15-13-20)27(34)30-19-21(31)17-24(30)25(32)28-23/h5,7,12-15,21,23-24,31H,3-4,6,8-11,16-19H2,1-2H3,(H,28,32)/q+1. The van der Waals surface area contributed by atoms with Crippen molar-refractivity contribution in [2.75, 3.05) is 26.8 Å². The van der Waals surface area contributed by atoms with E-state index in [1.54, 1.807) is 18.9 Å². The van der Waals surface area contributed by atoms with Crippen molar-refractivity contribution < 1.29 is 29.0 Å². The van der Waals surface area contributed by atoms with Crippen molar-refractivity contribution in [1.82, 2.24) is 15.1 Å². The lowest BCUT2D eigenvalue weighted by Gasteiger charge is -2.24. The molecule has 3 unspecified atom stereocenters. The van der Waals surface area contributed by atoms with Gasteiger partial charge in [0, 0.05) is 13.0 Å². The van der Waals surface area contributed by atoms with Crippen molar-refractivity contribution in [3.63, 3.8) is 0 Å². The van der Waals surface area contributed by atoms with Gasteiger partial charge in [0.2, 0.25) is 6.04 Å². The second-order valence-electron chi connectivity index (χ2n) is 9.32. The predicted molar refractivity (Wildman–Crippen MR) is 136 cm³/mol. The number of carbonyl (C=O) groups excluding carboxylic acids is 3. The Kier molecular flexibility index (Phi) is 10.8. The smallest absolute Gasteiger partial charge is 0.468 e. The van der Waals surface area contributed by atoms with Gasteiger partial charge in [0.05, 0.1) is 20.3 Å². The van der Waals surface area contributed by atoms with E-state index in [2.05, 4.69) is 11.4 Å². The molecule has 197 valence electrons. The minimum absolute atomic E-state index is 0.0723. The summed E-state index contributed by atoms with van der Waals surface area (Å²) >= 11 is 0. The van der Waals surface area contributed by atoms with E-state index in [9.17, 15) is 19.5 Å². The Labute approximate surface area is 213 Å². The van der Waals surface area contributed by atoms with Crippen LogP contribution in [-0.4, -0.2) is 72.9 Å². The zero-order chi connectivity index (χ0) is 25.9. The Morgan fingerprint density at radius 1 is 1.14 bits per heavy atom. The lowest BCUT2D eigenvalue weighted by molar-refractivity contribution is -0.147. The second-order valence-corrected chi connectivity index (χ2v) is 9.32. The lowest BCUT2D eigenvalue weighted by atomic mass is 10.1. The van der Waals surface area contributed by atoms with Gasteiger partial charge < -0.3 is 19.9 Å². The van der Waals surface area contributed by atoms with Crippen LogP contribution in [0.15, 0.2) is 36.4 Å². The lowest BCUT2D eigenvalue weighted by Crippen LogP contribution is -2.56. The second kappa shape index (κ2) is 14.0. The van der Waals surface area contributed by atoms with Crippen LogP contribution in [0.1, 0.15) is 57.4 Å². The summed E-state index contributed by atoms with van der Waals surface area (Å²) in [4.78, 5) is 42.6. The maximum atomic E-state index is 13.7. The highest BCUT2D eigenvalue weighted by molar-refractivity contribution is 5.92. The zero-order valence-corrected chi connectivity index (χ0v) is 21.4. The number of aliphatic hydroxyl groups is 1. The van der Waals surface area contributed by atoms with Crippen molar-refractivity contribution in [3.8, 4) is 5.75 Å². The number of fused-ring (bicyclic) bond motifs is 1. The Morgan fingerprint density at radius 3 is 2.61 bits per heavy atom. The van der Waals surface area contributed by atoms with Crippen LogP contribution in [0.2, 0.25) is 0 Å². The number of hydrogen-bond donors (Lipinski definition) is 2. The van der Waals surface area contributed by atoms with Crippen LogP contribution in [0.25, 0.3) is 0 Å². The van der Waals surface area contributed by atoms with Crippen LogP contribution in [-0.2, 0) is 20.9 Å². The number of amides is 3. The van der Waals surface area contributed by atoms with Crippen LogP contribution in [0.3, 0.4) is 0 Å². The molecule has 2 aliphatic heterocycles. The molecule has 2 heterocycles. The third kappa shape index (κ3) is 7.80. The first kappa shape index (κ1) is 27.7. The fourth-order valence-corrected chi connectivity index (χ4v) is 4.65. The summed E-state index contributed by atoms with van der Waals surface area (Å²) in [7, 11) is 1.61. The van der Waals surface area contributed by atoms with Crippen molar-refractivity contribution >= 4 is 17.9 Å². The van der Waals surface area contributed by atoms with E-state index in [0.717, 1.165) is 37.0 Å². The molecular weight excluding hydrogens is 462 g/mol. The van der Waals surface area contributed by atoms with E-state index >= 15 is 0 Å². The summed E-state index contributed by atoms with van der Waals surface area (Å²) in [5.41, 5.74) is 0.949. The number of methoxy groups -OCH3 is 1. The van der Waals surface area contributed by atoms with E-state index < -0.39 is 30.1 Å². The van der Waals surface area contributed by atoms with Crippen LogP contribution in [0.4, 0.5) is 4.79 Å². The minimum atomic E-state index is -0.855. The molecule has 1 fully saturated rings. The van der Waals surface area contributed by atoms with E-state index in [0.29, 0.717) is 25.9 Å². The summed E-state index contributed by atoms with van der Waals surface area (Å²) in [5, 5.41) is 13.2. The topological polar surface area (TPSA) is 111 Å². The summed E-state index contributed by atoms with van der Waals surface area (Å²) in [6, 6.07) is 5.60. The maximum absolute atomic E-state index is 13.7. The van der Waals surface area contributed by atoms with E-state index in [-0.39, 0.29) is 25.6 Å². The van der Waals surface area contributed by atoms with Gasteiger partial charge in [-0.2, -0.15) is 0 Å². The fourth-order valence-electron chi connectivity index (χ4n) is 4.65. The number of rotatable bonds is 5. The van der Waals surface area contributed by atoms with E-state index in [4.69, 9.17) is 9.47 Å². The van der Waals surface area contributed by atoms with Gasteiger partial charge in [0.15, 0.2) is 6.54 Å². The summed E-state index contributed by atoms with van der Waals surface area (Å²) < 4.78 is 10.4. The molecule has 3 rings (SSSR count). The monoisotopic (exact) mass is 501 g/mol. The Hall–Kier alpha value is -2.91. The summed E-state index contributed by atoms with van der Waals surface area (Å²) in [5.74, 6) is -0.196.